The summed E-state index contributed by atoms with van der Waals surface area (Å²) in [4.78, 5) is 1.82. The zero-order valence-corrected chi connectivity index (χ0v) is 19.1. The highest BCUT2D eigenvalue weighted by atomic mass is 16.5. The van der Waals surface area contributed by atoms with Crippen molar-refractivity contribution in [2.24, 2.45) is 0 Å². The van der Waals surface area contributed by atoms with Crippen molar-refractivity contribution in [3.05, 3.63) is 95.1 Å². The summed E-state index contributed by atoms with van der Waals surface area (Å²) in [6, 6.07) is 21.5. The molecule has 4 aromatic carbocycles. The maximum absolute atomic E-state index is 10.9. The van der Waals surface area contributed by atoms with Gasteiger partial charge in [-0.05, 0) is 74.7 Å². The van der Waals surface area contributed by atoms with E-state index in [1.54, 1.807) is 43.3 Å². The lowest BCUT2D eigenvalue weighted by atomic mass is 10.1. The van der Waals surface area contributed by atoms with E-state index in [4.69, 9.17) is 4.74 Å². The zero-order valence-electron chi connectivity index (χ0n) is 19.1. The number of phenolic OH excluding ortho intramolecular Hbond substituents is 3. The van der Waals surface area contributed by atoms with Crippen LogP contribution in [0.1, 0.15) is 22.3 Å². The van der Waals surface area contributed by atoms with Crippen molar-refractivity contribution in [2.75, 3.05) is 4.90 Å². The quantitative estimate of drug-likeness (QED) is 0.303. The van der Waals surface area contributed by atoms with Crippen LogP contribution in [0.3, 0.4) is 0 Å². The average molecular weight is 442 g/mol. The number of benzene rings is 4. The Kier molecular flexibility index (Phi) is 5.88. The number of ether oxygens (including phenoxy) is 1. The molecule has 0 atom stereocenters. The van der Waals surface area contributed by atoms with E-state index in [9.17, 15) is 15.3 Å². The monoisotopic (exact) mass is 441 g/mol. The van der Waals surface area contributed by atoms with Gasteiger partial charge in [0.15, 0.2) is 5.75 Å². The third-order valence-electron chi connectivity index (χ3n) is 5.77. The Labute approximate surface area is 193 Å². The highest BCUT2D eigenvalue weighted by Gasteiger charge is 2.25. The Morgan fingerprint density at radius 1 is 0.576 bits per heavy atom. The molecule has 0 saturated carbocycles. The van der Waals surface area contributed by atoms with Crippen molar-refractivity contribution in [1.29, 1.82) is 0 Å². The van der Waals surface area contributed by atoms with Crippen LogP contribution in [0.25, 0.3) is 0 Å². The van der Waals surface area contributed by atoms with Gasteiger partial charge in [0.1, 0.15) is 23.0 Å². The first-order valence-electron chi connectivity index (χ1n) is 10.7. The van der Waals surface area contributed by atoms with Crippen molar-refractivity contribution in [1.82, 2.24) is 0 Å². The van der Waals surface area contributed by atoms with E-state index in [0.29, 0.717) is 34.1 Å². The van der Waals surface area contributed by atoms with Gasteiger partial charge < -0.3 is 20.1 Å². The van der Waals surface area contributed by atoms with Crippen LogP contribution >= 0.6 is 0 Å². The van der Waals surface area contributed by atoms with Gasteiger partial charge in [0.25, 0.3) is 0 Å². The maximum atomic E-state index is 10.9. The maximum Gasteiger partial charge on any atom is 0.151 e. The number of anilines is 3. The highest BCUT2D eigenvalue weighted by molar-refractivity contribution is 5.88. The molecule has 4 aromatic rings. The minimum Gasteiger partial charge on any atom is -0.508 e. The molecule has 0 unspecified atom stereocenters. The van der Waals surface area contributed by atoms with Crippen molar-refractivity contribution >= 4 is 17.1 Å². The number of aryl methyl sites for hydroxylation is 3. The van der Waals surface area contributed by atoms with Gasteiger partial charge in [-0.1, -0.05) is 42.5 Å². The molecule has 5 nitrogen and oxygen atoms in total. The molecular weight excluding hydrogens is 414 g/mol. The summed E-state index contributed by atoms with van der Waals surface area (Å²) in [6.45, 7) is 7.54. The summed E-state index contributed by atoms with van der Waals surface area (Å²) in [6.07, 6.45) is 0. The van der Waals surface area contributed by atoms with Gasteiger partial charge in [0.2, 0.25) is 0 Å². The minimum absolute atomic E-state index is 0.0807. The average Bonchev–Trinajstić information content (AvgIpc) is 2.78. The zero-order chi connectivity index (χ0) is 23.7. The summed E-state index contributed by atoms with van der Waals surface area (Å²) in [5.41, 5.74) is 4.89. The third-order valence-corrected chi connectivity index (χ3v) is 5.77. The smallest absolute Gasteiger partial charge is 0.151 e. The van der Waals surface area contributed by atoms with Gasteiger partial charge in [-0.15, -0.1) is 0 Å². The Balaban J connectivity index is 1.99. The standard InChI is InChI=1S/C28H27NO4/c1-17-9-7-12-23(31)26(17)29(27-18(2)10-8-13-24(27)32)21-11-5-6-14-25(21)33-28-19(3)15-16-22(30)20(28)4/h5-16,30-32H,1-4H3. The van der Waals surface area contributed by atoms with Gasteiger partial charge in [0, 0.05) is 5.56 Å². The molecule has 3 N–H and O–H groups in total. The summed E-state index contributed by atoms with van der Waals surface area (Å²) in [5, 5.41) is 32.0. The molecule has 33 heavy (non-hydrogen) atoms. The third kappa shape index (κ3) is 4.05. The topological polar surface area (TPSA) is 73.2 Å². The molecule has 5 heteroatoms. The van der Waals surface area contributed by atoms with Crippen molar-refractivity contribution in [3.8, 4) is 28.7 Å². The second-order valence-corrected chi connectivity index (χ2v) is 8.15. The molecule has 0 aliphatic heterocycles. The normalized spacial score (nSPS) is 10.8. The fourth-order valence-corrected chi connectivity index (χ4v) is 4.03. The van der Waals surface area contributed by atoms with Gasteiger partial charge in [0.05, 0.1) is 17.1 Å². The number of nitrogens with zero attached hydrogens (tertiary/aromatic N) is 1. The fraction of sp³-hybridized carbons (Fsp3) is 0.143. The van der Waals surface area contributed by atoms with Crippen molar-refractivity contribution < 1.29 is 20.1 Å². The number of rotatable bonds is 5. The van der Waals surface area contributed by atoms with Crippen LogP contribution in [-0.4, -0.2) is 15.3 Å². The SMILES string of the molecule is Cc1ccc(O)c(C)c1Oc1ccccc1N(c1c(C)cccc1O)c1c(C)cccc1O. The van der Waals surface area contributed by atoms with Gasteiger partial charge in [-0.3, -0.25) is 4.90 Å². The van der Waals surface area contributed by atoms with Crippen LogP contribution < -0.4 is 9.64 Å². The minimum atomic E-state index is 0.0807. The number of para-hydroxylation sites is 4. The Hall–Kier alpha value is -4.12. The van der Waals surface area contributed by atoms with Crippen LogP contribution in [0.5, 0.6) is 28.7 Å². The van der Waals surface area contributed by atoms with Crippen LogP contribution in [0.4, 0.5) is 17.1 Å². The fourth-order valence-electron chi connectivity index (χ4n) is 4.03. The summed E-state index contributed by atoms with van der Waals surface area (Å²) in [5.74, 6) is 1.39. The Bertz CT molecular complexity index is 1240. The first-order chi connectivity index (χ1) is 15.8. The molecule has 0 saturated heterocycles. The van der Waals surface area contributed by atoms with Gasteiger partial charge >= 0.3 is 0 Å². The molecule has 168 valence electrons. The molecule has 4 rings (SSSR count). The van der Waals surface area contributed by atoms with E-state index in [-0.39, 0.29) is 17.2 Å². The summed E-state index contributed by atoms with van der Waals surface area (Å²) >= 11 is 0. The van der Waals surface area contributed by atoms with Crippen LogP contribution in [0.2, 0.25) is 0 Å². The first kappa shape index (κ1) is 22.1. The highest BCUT2D eigenvalue weighted by Crippen LogP contribution is 2.50. The molecule has 0 radical (unpaired) electrons. The van der Waals surface area contributed by atoms with Crippen LogP contribution in [0.15, 0.2) is 72.8 Å². The molecule has 0 aliphatic carbocycles. The van der Waals surface area contributed by atoms with Gasteiger partial charge in [-0.25, -0.2) is 0 Å². The predicted octanol–water partition coefficient (Wildman–Crippen LogP) is 7.30. The number of hydrogen-bond acceptors (Lipinski definition) is 5. The van der Waals surface area contributed by atoms with E-state index in [1.807, 2.05) is 62.1 Å². The predicted molar refractivity (Wildman–Crippen MR) is 132 cm³/mol. The summed E-state index contributed by atoms with van der Waals surface area (Å²) < 4.78 is 6.37. The lowest BCUT2D eigenvalue weighted by Gasteiger charge is -2.31. The number of phenols is 3. The molecule has 0 aromatic heterocycles. The molecule has 0 bridgehead atoms. The molecule has 0 amide bonds. The van der Waals surface area contributed by atoms with E-state index in [0.717, 1.165) is 16.7 Å². The molecule has 0 aliphatic rings. The van der Waals surface area contributed by atoms with E-state index in [2.05, 4.69) is 0 Å². The van der Waals surface area contributed by atoms with Crippen molar-refractivity contribution in [3.63, 3.8) is 0 Å². The Morgan fingerprint density at radius 2 is 1.15 bits per heavy atom. The largest absolute Gasteiger partial charge is 0.508 e. The summed E-state index contributed by atoms with van der Waals surface area (Å²) in [7, 11) is 0. The van der Waals surface area contributed by atoms with Crippen LogP contribution in [0, 0.1) is 27.7 Å². The molecule has 0 fully saturated rings. The molecule has 0 spiro atoms. The van der Waals surface area contributed by atoms with E-state index < -0.39 is 0 Å². The van der Waals surface area contributed by atoms with Gasteiger partial charge in [-0.2, -0.15) is 0 Å². The van der Waals surface area contributed by atoms with E-state index in [1.165, 1.54) is 0 Å². The number of hydrogen-bond donors (Lipinski definition) is 3. The first-order valence-corrected chi connectivity index (χ1v) is 10.7. The second kappa shape index (κ2) is 8.79. The lowest BCUT2D eigenvalue weighted by Crippen LogP contribution is -2.14. The molecular formula is C28H27NO4. The lowest BCUT2D eigenvalue weighted by molar-refractivity contribution is 0.446. The molecule has 0 heterocycles. The van der Waals surface area contributed by atoms with Crippen molar-refractivity contribution in [2.45, 2.75) is 27.7 Å². The second-order valence-electron chi connectivity index (χ2n) is 8.15. The van der Waals surface area contributed by atoms with E-state index >= 15 is 0 Å². The number of aromatic hydroxyl groups is 3. The van der Waals surface area contributed by atoms with Crippen LogP contribution in [-0.2, 0) is 0 Å². The Morgan fingerprint density at radius 3 is 1.73 bits per heavy atom.